The van der Waals surface area contributed by atoms with Crippen molar-refractivity contribution in [3.05, 3.63) is 86.0 Å². The van der Waals surface area contributed by atoms with Crippen molar-refractivity contribution in [1.29, 1.82) is 0 Å². The van der Waals surface area contributed by atoms with E-state index in [1.165, 1.54) is 18.3 Å². The summed E-state index contributed by atoms with van der Waals surface area (Å²) in [5, 5.41) is 18.8. The molecule has 0 fully saturated rings. The molecule has 9 heteroatoms. The number of benzene rings is 2. The fourth-order valence-electron chi connectivity index (χ4n) is 2.36. The van der Waals surface area contributed by atoms with Gasteiger partial charge in [0.2, 0.25) is 0 Å². The third-order valence-electron chi connectivity index (χ3n) is 3.60. The molecule has 1 aromatic heterocycles. The van der Waals surface area contributed by atoms with E-state index >= 15 is 0 Å². The average Bonchev–Trinajstić information content (AvgIpc) is 3.03. The molecule has 0 aliphatic heterocycles. The van der Waals surface area contributed by atoms with Gasteiger partial charge in [0.25, 0.3) is 11.6 Å². The Hall–Kier alpha value is -2.90. The van der Waals surface area contributed by atoms with Crippen LogP contribution in [0.25, 0.3) is 0 Å². The van der Waals surface area contributed by atoms with E-state index in [4.69, 9.17) is 23.2 Å². The van der Waals surface area contributed by atoms with Gasteiger partial charge in [0.05, 0.1) is 17.7 Å². The van der Waals surface area contributed by atoms with Crippen LogP contribution in [0.1, 0.15) is 15.9 Å². The van der Waals surface area contributed by atoms with Crippen LogP contribution in [-0.4, -0.2) is 20.6 Å². The minimum Gasteiger partial charge on any atom is -0.307 e. The molecule has 7 nitrogen and oxygen atoms in total. The Labute approximate surface area is 158 Å². The molecule has 1 amide bonds. The highest BCUT2D eigenvalue weighted by Gasteiger charge is 2.21. The van der Waals surface area contributed by atoms with Crippen LogP contribution in [0.2, 0.25) is 10.0 Å². The van der Waals surface area contributed by atoms with E-state index in [0.717, 1.165) is 11.6 Å². The van der Waals surface area contributed by atoms with Gasteiger partial charge in [-0.2, -0.15) is 5.10 Å². The molecule has 26 heavy (non-hydrogen) atoms. The molecular formula is C17H12Cl2N4O3. The number of aromatic nitrogens is 2. The Bertz CT molecular complexity index is 970. The maximum absolute atomic E-state index is 12.5. The zero-order chi connectivity index (χ0) is 18.7. The fourth-order valence-corrected chi connectivity index (χ4v) is 2.65. The quantitative estimate of drug-likeness (QED) is 0.516. The number of halogens is 2. The molecule has 3 rings (SSSR count). The van der Waals surface area contributed by atoms with E-state index < -0.39 is 10.8 Å². The Morgan fingerprint density at radius 3 is 2.50 bits per heavy atom. The zero-order valence-electron chi connectivity index (χ0n) is 13.2. The maximum atomic E-state index is 12.5. The van der Waals surface area contributed by atoms with Gasteiger partial charge in [-0.05, 0) is 29.8 Å². The summed E-state index contributed by atoms with van der Waals surface area (Å²) in [4.78, 5) is 23.0. The normalized spacial score (nSPS) is 10.5. The second-order valence-corrected chi connectivity index (χ2v) is 6.25. The van der Waals surface area contributed by atoms with Crippen molar-refractivity contribution in [2.45, 2.75) is 6.54 Å². The van der Waals surface area contributed by atoms with Crippen LogP contribution in [0.3, 0.4) is 0 Å². The standard InChI is InChI=1S/C17H12Cl2N4O3/c18-12-3-1-11(2-4-12)10-22-16(7-8-20-22)21-17(24)14-6-5-13(19)9-15(14)23(25)26/h1-9H,10H2,(H,21,24). The van der Waals surface area contributed by atoms with E-state index in [2.05, 4.69) is 10.4 Å². The molecule has 0 spiro atoms. The number of amides is 1. The largest absolute Gasteiger partial charge is 0.307 e. The summed E-state index contributed by atoms with van der Waals surface area (Å²) < 4.78 is 1.57. The lowest BCUT2D eigenvalue weighted by Crippen LogP contribution is -2.17. The minimum atomic E-state index is -0.647. The lowest BCUT2D eigenvalue weighted by Gasteiger charge is -2.10. The van der Waals surface area contributed by atoms with Gasteiger partial charge in [-0.1, -0.05) is 35.3 Å². The molecule has 0 unspecified atom stereocenters. The highest BCUT2D eigenvalue weighted by molar-refractivity contribution is 6.31. The maximum Gasteiger partial charge on any atom is 0.283 e. The molecule has 0 aliphatic rings. The smallest absolute Gasteiger partial charge is 0.283 e. The van der Waals surface area contributed by atoms with Gasteiger partial charge < -0.3 is 5.32 Å². The number of carbonyl (C=O) groups excluding carboxylic acids is 1. The summed E-state index contributed by atoms with van der Waals surface area (Å²) >= 11 is 11.6. The average molecular weight is 391 g/mol. The van der Waals surface area contributed by atoms with E-state index in [-0.39, 0.29) is 16.3 Å². The molecular weight excluding hydrogens is 379 g/mol. The Morgan fingerprint density at radius 1 is 1.12 bits per heavy atom. The van der Waals surface area contributed by atoms with Crippen LogP contribution in [-0.2, 0) is 6.54 Å². The number of anilines is 1. The molecule has 0 radical (unpaired) electrons. The number of hydrogen-bond acceptors (Lipinski definition) is 4. The third kappa shape index (κ3) is 4.01. The molecule has 0 saturated carbocycles. The number of nitro benzene ring substituents is 1. The first-order chi connectivity index (χ1) is 12.4. The topological polar surface area (TPSA) is 90.1 Å². The fraction of sp³-hybridized carbons (Fsp3) is 0.0588. The first kappa shape index (κ1) is 17.9. The van der Waals surface area contributed by atoms with Gasteiger partial charge >= 0.3 is 0 Å². The summed E-state index contributed by atoms with van der Waals surface area (Å²) in [7, 11) is 0. The molecule has 1 heterocycles. The summed E-state index contributed by atoms with van der Waals surface area (Å²) in [6.45, 7) is 0.405. The lowest BCUT2D eigenvalue weighted by atomic mass is 10.1. The van der Waals surface area contributed by atoms with Crippen molar-refractivity contribution >= 4 is 40.6 Å². The molecule has 132 valence electrons. The van der Waals surface area contributed by atoms with Crippen molar-refractivity contribution < 1.29 is 9.72 Å². The van der Waals surface area contributed by atoms with Gasteiger partial charge in [0.15, 0.2) is 0 Å². The number of rotatable bonds is 5. The highest BCUT2D eigenvalue weighted by Crippen LogP contribution is 2.24. The van der Waals surface area contributed by atoms with E-state index in [0.29, 0.717) is 17.4 Å². The first-order valence-corrected chi connectivity index (χ1v) is 8.21. The molecule has 2 aromatic carbocycles. The number of nitrogens with one attached hydrogen (secondary N) is 1. The van der Waals surface area contributed by atoms with Crippen molar-refractivity contribution in [3.63, 3.8) is 0 Å². The van der Waals surface area contributed by atoms with Crippen LogP contribution in [0.5, 0.6) is 0 Å². The second kappa shape index (κ2) is 7.55. The van der Waals surface area contributed by atoms with E-state index in [1.54, 1.807) is 22.9 Å². The SMILES string of the molecule is O=C(Nc1ccnn1Cc1ccc(Cl)cc1)c1ccc(Cl)cc1[N+](=O)[O-]. The van der Waals surface area contributed by atoms with Gasteiger partial charge in [-0.15, -0.1) is 0 Å². The molecule has 0 bridgehead atoms. The predicted molar refractivity (Wildman–Crippen MR) is 98.8 cm³/mol. The van der Waals surface area contributed by atoms with Gasteiger partial charge in [-0.25, -0.2) is 4.68 Å². The lowest BCUT2D eigenvalue weighted by molar-refractivity contribution is -0.385. The number of carbonyl (C=O) groups is 1. The molecule has 0 atom stereocenters. The summed E-state index contributed by atoms with van der Waals surface area (Å²) in [5.41, 5.74) is 0.489. The first-order valence-electron chi connectivity index (χ1n) is 7.45. The minimum absolute atomic E-state index is 0.0846. The van der Waals surface area contributed by atoms with Gasteiger partial charge in [-0.3, -0.25) is 14.9 Å². The third-order valence-corrected chi connectivity index (χ3v) is 4.09. The van der Waals surface area contributed by atoms with Crippen LogP contribution in [0, 0.1) is 10.1 Å². The predicted octanol–water partition coefficient (Wildman–Crippen LogP) is 4.40. The zero-order valence-corrected chi connectivity index (χ0v) is 14.7. The Morgan fingerprint density at radius 2 is 1.81 bits per heavy atom. The highest BCUT2D eigenvalue weighted by atomic mass is 35.5. The number of hydrogen-bond donors (Lipinski definition) is 1. The second-order valence-electron chi connectivity index (χ2n) is 5.37. The number of nitrogens with zero attached hydrogens (tertiary/aromatic N) is 3. The van der Waals surface area contributed by atoms with Gasteiger partial charge in [0.1, 0.15) is 11.4 Å². The van der Waals surface area contributed by atoms with Crippen LogP contribution >= 0.6 is 23.2 Å². The number of nitro groups is 1. The molecule has 1 N–H and O–H groups in total. The molecule has 3 aromatic rings. The molecule has 0 saturated heterocycles. The van der Waals surface area contributed by atoms with Gasteiger partial charge in [0, 0.05) is 22.2 Å². The summed E-state index contributed by atoms with van der Waals surface area (Å²) in [5.74, 6) is -0.208. The van der Waals surface area contributed by atoms with Crippen LogP contribution in [0.4, 0.5) is 11.5 Å². The van der Waals surface area contributed by atoms with Crippen molar-refractivity contribution in [2.75, 3.05) is 5.32 Å². The Kier molecular flexibility index (Phi) is 5.20. The van der Waals surface area contributed by atoms with Crippen LogP contribution < -0.4 is 5.32 Å². The van der Waals surface area contributed by atoms with E-state index in [9.17, 15) is 14.9 Å². The summed E-state index contributed by atoms with van der Waals surface area (Å²) in [6.07, 6.45) is 1.53. The monoisotopic (exact) mass is 390 g/mol. The summed E-state index contributed by atoms with van der Waals surface area (Å²) in [6, 6.07) is 12.7. The van der Waals surface area contributed by atoms with Crippen molar-refractivity contribution in [1.82, 2.24) is 9.78 Å². The van der Waals surface area contributed by atoms with Crippen LogP contribution in [0.15, 0.2) is 54.7 Å². The Balaban J connectivity index is 1.82. The van der Waals surface area contributed by atoms with Crippen molar-refractivity contribution in [2.24, 2.45) is 0 Å². The molecule has 0 aliphatic carbocycles. The van der Waals surface area contributed by atoms with Crippen molar-refractivity contribution in [3.8, 4) is 0 Å². The van der Waals surface area contributed by atoms with E-state index in [1.807, 2.05) is 12.1 Å².